The lowest BCUT2D eigenvalue weighted by atomic mass is 10.1. The normalized spacial score (nSPS) is 21.1. The molecule has 0 spiro atoms. The maximum Gasteiger partial charge on any atom is 0.313 e. The van der Waals surface area contributed by atoms with Crippen molar-refractivity contribution in [3.05, 3.63) is 29.8 Å². The molecule has 114 valence electrons. The van der Waals surface area contributed by atoms with Gasteiger partial charge in [0, 0.05) is 18.5 Å². The molecule has 5 nitrogen and oxygen atoms in total. The van der Waals surface area contributed by atoms with Crippen molar-refractivity contribution in [3.8, 4) is 0 Å². The van der Waals surface area contributed by atoms with Gasteiger partial charge in [-0.05, 0) is 25.0 Å². The molecule has 0 heterocycles. The van der Waals surface area contributed by atoms with Crippen molar-refractivity contribution < 1.29 is 23.5 Å². The van der Waals surface area contributed by atoms with Crippen LogP contribution in [0.1, 0.15) is 19.3 Å². The third-order valence-corrected chi connectivity index (χ3v) is 3.53. The number of benzene rings is 1. The fraction of sp³-hybridized carbons (Fsp3) is 0.429. The van der Waals surface area contributed by atoms with Gasteiger partial charge in [-0.3, -0.25) is 9.59 Å². The van der Waals surface area contributed by atoms with Gasteiger partial charge in [-0.1, -0.05) is 6.42 Å². The predicted molar refractivity (Wildman–Crippen MR) is 71.3 cm³/mol. The fourth-order valence-electron chi connectivity index (χ4n) is 2.33. The van der Waals surface area contributed by atoms with Crippen LogP contribution in [0.15, 0.2) is 18.2 Å². The number of amides is 2. The van der Waals surface area contributed by atoms with Gasteiger partial charge in [0.2, 0.25) is 0 Å². The molecule has 0 saturated heterocycles. The van der Waals surface area contributed by atoms with Gasteiger partial charge in [0.1, 0.15) is 11.6 Å². The van der Waals surface area contributed by atoms with Crippen LogP contribution in [-0.2, 0) is 9.59 Å². The Morgan fingerprint density at radius 1 is 1.24 bits per heavy atom. The summed E-state index contributed by atoms with van der Waals surface area (Å²) in [4.78, 5) is 23.2. The van der Waals surface area contributed by atoms with E-state index in [2.05, 4.69) is 10.6 Å². The highest BCUT2D eigenvalue weighted by atomic mass is 19.1. The van der Waals surface area contributed by atoms with Crippen molar-refractivity contribution >= 4 is 17.5 Å². The molecule has 3 N–H and O–H groups in total. The lowest BCUT2D eigenvalue weighted by Gasteiger charge is -2.14. The molecule has 2 unspecified atom stereocenters. The molecule has 0 aromatic heterocycles. The lowest BCUT2D eigenvalue weighted by Crippen LogP contribution is -2.39. The molecule has 1 aromatic carbocycles. The molecule has 1 fully saturated rings. The van der Waals surface area contributed by atoms with Crippen LogP contribution in [0, 0.1) is 17.6 Å². The van der Waals surface area contributed by atoms with E-state index in [1.807, 2.05) is 0 Å². The van der Waals surface area contributed by atoms with E-state index in [0.717, 1.165) is 25.0 Å². The Morgan fingerprint density at radius 3 is 2.62 bits per heavy atom. The van der Waals surface area contributed by atoms with Crippen LogP contribution in [0.3, 0.4) is 0 Å². The van der Waals surface area contributed by atoms with Gasteiger partial charge < -0.3 is 15.7 Å². The number of carbonyl (C=O) groups is 2. The molecular formula is C14H16F2N2O3. The number of carbonyl (C=O) groups excluding carboxylic acids is 2. The third-order valence-electron chi connectivity index (χ3n) is 3.53. The summed E-state index contributed by atoms with van der Waals surface area (Å²) >= 11 is 0. The molecule has 1 aromatic rings. The van der Waals surface area contributed by atoms with E-state index in [9.17, 15) is 23.5 Å². The largest absolute Gasteiger partial charge is 0.393 e. The van der Waals surface area contributed by atoms with Gasteiger partial charge in [-0.25, -0.2) is 8.78 Å². The second-order valence-electron chi connectivity index (χ2n) is 5.05. The summed E-state index contributed by atoms with van der Waals surface area (Å²) < 4.78 is 26.1. The summed E-state index contributed by atoms with van der Waals surface area (Å²) in [6, 6.07) is 2.63. The number of anilines is 1. The van der Waals surface area contributed by atoms with Crippen molar-refractivity contribution in [2.45, 2.75) is 25.4 Å². The number of nitrogens with one attached hydrogen (secondary N) is 2. The summed E-state index contributed by atoms with van der Waals surface area (Å²) in [6.07, 6.45) is 1.89. The maximum atomic E-state index is 13.3. The molecule has 7 heteroatoms. The van der Waals surface area contributed by atoms with Crippen molar-refractivity contribution in [2.24, 2.45) is 5.92 Å². The molecule has 21 heavy (non-hydrogen) atoms. The zero-order valence-electron chi connectivity index (χ0n) is 11.2. The second kappa shape index (κ2) is 6.62. The van der Waals surface area contributed by atoms with Crippen molar-refractivity contribution in [3.63, 3.8) is 0 Å². The minimum Gasteiger partial charge on any atom is -0.393 e. The molecule has 2 atom stereocenters. The average molecular weight is 298 g/mol. The molecule has 2 rings (SSSR count). The summed E-state index contributed by atoms with van der Waals surface area (Å²) in [7, 11) is 0. The predicted octanol–water partition coefficient (Wildman–Crippen LogP) is 1.18. The van der Waals surface area contributed by atoms with Gasteiger partial charge in [0.05, 0.1) is 11.8 Å². The Bertz CT molecular complexity index is 551. The highest BCUT2D eigenvalue weighted by molar-refractivity contribution is 6.39. The van der Waals surface area contributed by atoms with Crippen LogP contribution in [0.4, 0.5) is 14.5 Å². The number of hydrogen-bond donors (Lipinski definition) is 3. The van der Waals surface area contributed by atoms with Gasteiger partial charge in [-0.2, -0.15) is 0 Å². The summed E-state index contributed by atoms with van der Waals surface area (Å²) in [5.74, 6) is -3.75. The number of aliphatic hydroxyl groups is 1. The smallest absolute Gasteiger partial charge is 0.313 e. The fourth-order valence-corrected chi connectivity index (χ4v) is 2.33. The minimum atomic E-state index is -1.03. The van der Waals surface area contributed by atoms with E-state index in [4.69, 9.17) is 0 Å². The van der Waals surface area contributed by atoms with E-state index in [0.29, 0.717) is 12.5 Å². The van der Waals surface area contributed by atoms with E-state index in [1.54, 1.807) is 0 Å². The van der Waals surface area contributed by atoms with Crippen molar-refractivity contribution in [1.29, 1.82) is 0 Å². The van der Waals surface area contributed by atoms with E-state index in [1.165, 1.54) is 0 Å². The molecule has 0 aliphatic heterocycles. The Labute approximate surface area is 120 Å². The van der Waals surface area contributed by atoms with Crippen LogP contribution < -0.4 is 10.6 Å². The van der Waals surface area contributed by atoms with Gasteiger partial charge in [0.25, 0.3) is 0 Å². The molecule has 1 saturated carbocycles. The Morgan fingerprint density at radius 2 is 2.00 bits per heavy atom. The molecule has 1 aliphatic carbocycles. The first kappa shape index (κ1) is 15.4. The number of halogens is 2. The van der Waals surface area contributed by atoms with Crippen LogP contribution in [0.25, 0.3) is 0 Å². The standard InChI is InChI=1S/C14H16F2N2O3/c15-9-4-5-11(10(16)6-9)18-14(21)13(20)17-7-8-2-1-3-12(8)19/h4-6,8,12,19H,1-3,7H2,(H,17,20)(H,18,21). The summed E-state index contributed by atoms with van der Waals surface area (Å²) in [6.45, 7) is 0.194. The first-order valence-electron chi connectivity index (χ1n) is 6.69. The molecular weight excluding hydrogens is 282 g/mol. The quantitative estimate of drug-likeness (QED) is 0.733. The van der Waals surface area contributed by atoms with Gasteiger partial charge >= 0.3 is 11.8 Å². The number of aliphatic hydroxyl groups excluding tert-OH is 1. The van der Waals surface area contributed by atoms with Crippen molar-refractivity contribution in [1.82, 2.24) is 5.32 Å². The van der Waals surface area contributed by atoms with E-state index < -0.39 is 29.6 Å². The van der Waals surface area contributed by atoms with E-state index in [-0.39, 0.29) is 18.2 Å². The highest BCUT2D eigenvalue weighted by Crippen LogP contribution is 2.24. The first-order valence-corrected chi connectivity index (χ1v) is 6.69. The van der Waals surface area contributed by atoms with E-state index >= 15 is 0 Å². The molecule has 1 aliphatic rings. The minimum absolute atomic E-state index is 0.0655. The molecule has 0 bridgehead atoms. The number of hydrogen-bond acceptors (Lipinski definition) is 3. The zero-order valence-corrected chi connectivity index (χ0v) is 11.2. The second-order valence-corrected chi connectivity index (χ2v) is 5.05. The maximum absolute atomic E-state index is 13.3. The van der Waals surface area contributed by atoms with Crippen LogP contribution in [0.5, 0.6) is 0 Å². The monoisotopic (exact) mass is 298 g/mol. The summed E-state index contributed by atoms with van der Waals surface area (Å²) in [5, 5.41) is 14.1. The highest BCUT2D eigenvalue weighted by Gasteiger charge is 2.26. The van der Waals surface area contributed by atoms with Crippen molar-refractivity contribution in [2.75, 3.05) is 11.9 Å². The Kier molecular flexibility index (Phi) is 4.85. The van der Waals surface area contributed by atoms with Crippen LogP contribution in [-0.4, -0.2) is 29.6 Å². The van der Waals surface area contributed by atoms with Gasteiger partial charge in [0.15, 0.2) is 0 Å². The Balaban J connectivity index is 1.86. The summed E-state index contributed by atoms with van der Waals surface area (Å²) in [5.41, 5.74) is -0.266. The van der Waals surface area contributed by atoms with Crippen LogP contribution >= 0.6 is 0 Å². The Hall–Kier alpha value is -2.02. The molecule has 2 amide bonds. The average Bonchev–Trinajstić information content (AvgIpc) is 2.84. The third kappa shape index (κ3) is 3.98. The number of rotatable bonds is 3. The first-order chi connectivity index (χ1) is 9.97. The van der Waals surface area contributed by atoms with Crippen LogP contribution in [0.2, 0.25) is 0 Å². The topological polar surface area (TPSA) is 78.4 Å². The molecule has 0 radical (unpaired) electrons. The van der Waals surface area contributed by atoms with Gasteiger partial charge in [-0.15, -0.1) is 0 Å². The SMILES string of the molecule is O=C(NCC1CCCC1O)C(=O)Nc1ccc(F)cc1F. The zero-order chi connectivity index (χ0) is 15.4. The lowest BCUT2D eigenvalue weighted by molar-refractivity contribution is -0.136.